The lowest BCUT2D eigenvalue weighted by atomic mass is 10.1. The molecule has 3 heterocycles. The SMILES string of the molecule is CCc1cc(-n2c(C(F)(F)F)nc3ccc(C(F)(F)F)nc32)cc2cn[nH]c12. The number of rotatable bonds is 2. The smallest absolute Gasteiger partial charge is 0.278 e. The standard InChI is InChI=1S/C17H11F6N5/c1-2-8-5-10(6-9-7-24-27-13(8)9)28-14-11(25-15(28)17(21,22)23)3-4-12(26-14)16(18,19)20/h3-7H,2H2,1H3,(H,24,27). The van der Waals surface area contributed by atoms with E-state index < -0.39 is 29.5 Å². The molecule has 11 heteroatoms. The lowest BCUT2D eigenvalue weighted by Crippen LogP contribution is -2.15. The number of imidazole rings is 1. The number of hydrogen-bond acceptors (Lipinski definition) is 3. The number of nitrogens with zero attached hydrogens (tertiary/aromatic N) is 4. The molecule has 146 valence electrons. The van der Waals surface area contributed by atoms with Crippen molar-refractivity contribution in [1.82, 2.24) is 24.7 Å². The van der Waals surface area contributed by atoms with Gasteiger partial charge in [-0.05, 0) is 36.2 Å². The molecule has 3 aromatic heterocycles. The third kappa shape index (κ3) is 2.86. The van der Waals surface area contributed by atoms with E-state index in [1.807, 2.05) is 0 Å². The molecule has 0 bridgehead atoms. The predicted octanol–water partition coefficient (Wildman–Crippen LogP) is 4.90. The van der Waals surface area contributed by atoms with Crippen molar-refractivity contribution < 1.29 is 26.3 Å². The largest absolute Gasteiger partial charge is 0.450 e. The maximum absolute atomic E-state index is 13.6. The molecule has 4 aromatic rings. The van der Waals surface area contributed by atoms with E-state index in [0.717, 1.165) is 6.07 Å². The molecule has 1 aromatic carbocycles. The Labute approximate surface area is 153 Å². The van der Waals surface area contributed by atoms with Crippen molar-refractivity contribution in [2.75, 3.05) is 0 Å². The molecule has 0 amide bonds. The summed E-state index contributed by atoms with van der Waals surface area (Å²) in [5.74, 6) is -1.35. The third-order valence-electron chi connectivity index (χ3n) is 4.30. The zero-order valence-corrected chi connectivity index (χ0v) is 14.2. The van der Waals surface area contributed by atoms with E-state index in [1.54, 1.807) is 6.92 Å². The number of nitrogens with one attached hydrogen (secondary N) is 1. The fourth-order valence-electron chi connectivity index (χ4n) is 3.07. The first-order valence-corrected chi connectivity index (χ1v) is 8.10. The van der Waals surface area contributed by atoms with Crippen molar-refractivity contribution >= 4 is 22.1 Å². The second-order valence-electron chi connectivity index (χ2n) is 6.10. The third-order valence-corrected chi connectivity index (χ3v) is 4.30. The molecule has 0 aliphatic rings. The van der Waals surface area contributed by atoms with Gasteiger partial charge in [0, 0.05) is 5.39 Å². The van der Waals surface area contributed by atoms with Crippen LogP contribution in [0.1, 0.15) is 24.0 Å². The first kappa shape index (κ1) is 18.3. The molecule has 0 atom stereocenters. The van der Waals surface area contributed by atoms with Gasteiger partial charge in [-0.1, -0.05) is 6.92 Å². The van der Waals surface area contributed by atoms with Gasteiger partial charge in [0.1, 0.15) is 11.2 Å². The molecule has 0 saturated carbocycles. The minimum absolute atomic E-state index is 0.00685. The number of halogens is 6. The number of fused-ring (bicyclic) bond motifs is 2. The van der Waals surface area contributed by atoms with Crippen LogP contribution in [-0.2, 0) is 18.8 Å². The summed E-state index contributed by atoms with van der Waals surface area (Å²) in [5, 5.41) is 7.16. The summed E-state index contributed by atoms with van der Waals surface area (Å²) in [4.78, 5) is 6.92. The number of H-pyrrole nitrogens is 1. The van der Waals surface area contributed by atoms with E-state index in [2.05, 4.69) is 20.2 Å². The lowest BCUT2D eigenvalue weighted by Gasteiger charge is -2.13. The highest BCUT2D eigenvalue weighted by Crippen LogP contribution is 2.36. The van der Waals surface area contributed by atoms with Gasteiger partial charge in [0.25, 0.3) is 0 Å². The number of hydrogen-bond donors (Lipinski definition) is 1. The van der Waals surface area contributed by atoms with Gasteiger partial charge in [0.15, 0.2) is 5.65 Å². The average molecular weight is 399 g/mol. The van der Waals surface area contributed by atoms with E-state index in [9.17, 15) is 26.3 Å². The van der Waals surface area contributed by atoms with Crippen LogP contribution in [0.5, 0.6) is 0 Å². The number of aromatic amines is 1. The van der Waals surface area contributed by atoms with Crippen LogP contribution in [0.15, 0.2) is 30.5 Å². The van der Waals surface area contributed by atoms with E-state index >= 15 is 0 Å². The van der Waals surface area contributed by atoms with Gasteiger partial charge in [0.2, 0.25) is 5.82 Å². The maximum atomic E-state index is 13.6. The van der Waals surface area contributed by atoms with Crippen molar-refractivity contribution in [2.45, 2.75) is 25.7 Å². The normalized spacial score (nSPS) is 13.0. The molecule has 1 N–H and O–H groups in total. The fraction of sp³-hybridized carbons (Fsp3) is 0.235. The van der Waals surface area contributed by atoms with Crippen LogP contribution in [0.4, 0.5) is 26.3 Å². The van der Waals surface area contributed by atoms with E-state index in [0.29, 0.717) is 33.5 Å². The van der Waals surface area contributed by atoms with E-state index in [-0.39, 0.29) is 11.2 Å². The highest BCUT2D eigenvalue weighted by atomic mass is 19.4. The van der Waals surface area contributed by atoms with Gasteiger partial charge in [-0.25, -0.2) is 9.97 Å². The number of pyridine rings is 1. The quantitative estimate of drug-likeness (QED) is 0.488. The second-order valence-corrected chi connectivity index (χ2v) is 6.10. The summed E-state index contributed by atoms with van der Waals surface area (Å²) in [7, 11) is 0. The molecule has 0 fully saturated rings. The molecule has 0 aliphatic carbocycles. The van der Waals surface area contributed by atoms with Crippen LogP contribution in [0.3, 0.4) is 0 Å². The summed E-state index contributed by atoms with van der Waals surface area (Å²) >= 11 is 0. The second kappa shape index (κ2) is 5.94. The Morgan fingerprint density at radius 3 is 2.39 bits per heavy atom. The Kier molecular flexibility index (Phi) is 3.88. The topological polar surface area (TPSA) is 59.4 Å². The Balaban J connectivity index is 2.09. The van der Waals surface area contributed by atoms with Crippen LogP contribution in [0.25, 0.3) is 27.8 Å². The van der Waals surface area contributed by atoms with Gasteiger partial charge in [-0.2, -0.15) is 31.4 Å². The number of alkyl halides is 6. The summed E-state index contributed by atoms with van der Waals surface area (Å²) in [5.41, 5.74) is -0.791. The summed E-state index contributed by atoms with van der Waals surface area (Å²) in [6, 6.07) is 4.35. The molecule has 0 radical (unpaired) electrons. The monoisotopic (exact) mass is 399 g/mol. The zero-order valence-electron chi connectivity index (χ0n) is 14.2. The van der Waals surface area contributed by atoms with Gasteiger partial charge in [0.05, 0.1) is 17.4 Å². The van der Waals surface area contributed by atoms with Crippen molar-refractivity contribution in [2.24, 2.45) is 0 Å². The summed E-state index contributed by atoms with van der Waals surface area (Å²) < 4.78 is 80.5. The van der Waals surface area contributed by atoms with Crippen LogP contribution in [-0.4, -0.2) is 24.7 Å². The molecule has 5 nitrogen and oxygen atoms in total. The zero-order chi connectivity index (χ0) is 20.3. The molecule has 28 heavy (non-hydrogen) atoms. The minimum Gasteiger partial charge on any atom is -0.278 e. The predicted molar refractivity (Wildman–Crippen MR) is 87.9 cm³/mol. The summed E-state index contributed by atoms with van der Waals surface area (Å²) in [6.07, 6.45) is -7.79. The van der Waals surface area contributed by atoms with Crippen molar-refractivity contribution in [1.29, 1.82) is 0 Å². The van der Waals surface area contributed by atoms with E-state index in [1.165, 1.54) is 18.3 Å². The highest BCUT2D eigenvalue weighted by molar-refractivity contribution is 5.85. The Morgan fingerprint density at radius 1 is 1.00 bits per heavy atom. The molecule has 0 spiro atoms. The molecule has 4 rings (SSSR count). The van der Waals surface area contributed by atoms with Gasteiger partial charge in [-0.15, -0.1) is 0 Å². The van der Waals surface area contributed by atoms with Crippen molar-refractivity contribution in [3.8, 4) is 5.69 Å². The molecule has 0 saturated heterocycles. The van der Waals surface area contributed by atoms with Gasteiger partial charge in [-0.3, -0.25) is 9.67 Å². The summed E-state index contributed by atoms with van der Waals surface area (Å²) in [6.45, 7) is 1.80. The maximum Gasteiger partial charge on any atom is 0.450 e. The van der Waals surface area contributed by atoms with Gasteiger partial charge < -0.3 is 0 Å². The van der Waals surface area contributed by atoms with Crippen molar-refractivity contribution in [3.63, 3.8) is 0 Å². The van der Waals surface area contributed by atoms with Gasteiger partial charge >= 0.3 is 12.4 Å². The molecular weight excluding hydrogens is 388 g/mol. The number of benzene rings is 1. The average Bonchev–Trinajstić information content (AvgIpc) is 3.23. The highest BCUT2D eigenvalue weighted by Gasteiger charge is 2.40. The number of aryl methyl sites for hydroxylation is 1. The first-order chi connectivity index (χ1) is 13.1. The molecular formula is C17H11F6N5. The fourth-order valence-corrected chi connectivity index (χ4v) is 3.07. The number of aromatic nitrogens is 5. The van der Waals surface area contributed by atoms with Crippen LogP contribution >= 0.6 is 0 Å². The minimum atomic E-state index is -4.89. The Bertz CT molecular complexity index is 1180. The molecule has 0 unspecified atom stereocenters. The van der Waals surface area contributed by atoms with E-state index in [4.69, 9.17) is 0 Å². The Morgan fingerprint density at radius 2 is 1.75 bits per heavy atom. The van der Waals surface area contributed by atoms with Crippen LogP contribution in [0, 0.1) is 0 Å². The van der Waals surface area contributed by atoms with Crippen LogP contribution in [0.2, 0.25) is 0 Å². The van der Waals surface area contributed by atoms with Crippen LogP contribution < -0.4 is 0 Å². The first-order valence-electron chi connectivity index (χ1n) is 8.10. The molecule has 0 aliphatic heterocycles. The van der Waals surface area contributed by atoms with Crippen molar-refractivity contribution in [3.05, 3.63) is 47.5 Å². The Hall–Kier alpha value is -3.11. The lowest BCUT2D eigenvalue weighted by molar-refractivity contribution is -0.145.